The number of hydrogen-bond acceptors (Lipinski definition) is 4. The van der Waals surface area contributed by atoms with Gasteiger partial charge in [0.15, 0.2) is 0 Å². The molecule has 12 rings (SSSR count). The maximum Gasteiger partial charge on any atom is 0.145 e. The van der Waals surface area contributed by atoms with Crippen LogP contribution in [0.3, 0.4) is 0 Å². The third-order valence-electron chi connectivity index (χ3n) is 12.1. The van der Waals surface area contributed by atoms with Crippen LogP contribution >= 0.6 is 0 Å². The first kappa shape index (κ1) is 35.7. The predicted octanol–water partition coefficient (Wildman–Crippen LogP) is 13.9. The molecule has 0 amide bonds. The van der Waals surface area contributed by atoms with Gasteiger partial charge in [-0.3, -0.25) is 19.1 Å². The molecule has 0 saturated heterocycles. The van der Waals surface area contributed by atoms with Crippen molar-refractivity contribution in [3.63, 3.8) is 0 Å². The average molecular weight is 795 g/mol. The molecule has 4 heterocycles. The van der Waals surface area contributed by atoms with E-state index in [0.29, 0.717) is 0 Å². The summed E-state index contributed by atoms with van der Waals surface area (Å²) in [5.41, 5.74) is 16.8. The van der Waals surface area contributed by atoms with Crippen molar-refractivity contribution in [2.45, 2.75) is 13.8 Å². The summed E-state index contributed by atoms with van der Waals surface area (Å²) in [4.78, 5) is 20.5. The lowest BCUT2D eigenvalue weighted by Crippen LogP contribution is -1.97. The van der Waals surface area contributed by atoms with Crippen LogP contribution in [0, 0.1) is 13.8 Å². The van der Waals surface area contributed by atoms with E-state index in [4.69, 9.17) is 19.9 Å². The minimum Gasteiger partial charge on any atom is -0.292 e. The van der Waals surface area contributed by atoms with Crippen LogP contribution in [0.2, 0.25) is 0 Å². The van der Waals surface area contributed by atoms with Gasteiger partial charge in [-0.25, -0.2) is 9.97 Å². The number of hydrogen-bond donors (Lipinski definition) is 0. The highest BCUT2D eigenvalue weighted by Crippen LogP contribution is 2.39. The molecule has 0 N–H and O–H groups in total. The highest BCUT2D eigenvalue weighted by molar-refractivity contribution is 6.19. The fourth-order valence-corrected chi connectivity index (χ4v) is 9.23. The summed E-state index contributed by atoms with van der Waals surface area (Å²) in [5.74, 6) is 1.83. The summed E-state index contributed by atoms with van der Waals surface area (Å²) in [5, 5.41) is 4.40. The summed E-state index contributed by atoms with van der Waals surface area (Å²) in [7, 11) is 0. The lowest BCUT2D eigenvalue weighted by molar-refractivity contribution is 1.10. The Hall–Kier alpha value is -8.22. The fraction of sp³-hybridized carbons (Fsp3) is 0.0357. The second-order valence-electron chi connectivity index (χ2n) is 16.0. The maximum atomic E-state index is 5.17. The molecule has 0 spiro atoms. The SMILES string of the molecule is Cc1cc(-c2ccc(-c3nc4ccccc4n3-c3ccccc3)cc2)c2ccc3c(ccc4c(-c5ccc(-c6nc7ccccc7n6-c6ccccc6)cc5)cc(C)nc43)c2n1. The summed E-state index contributed by atoms with van der Waals surface area (Å²) in [6, 6.07) is 68.4. The molecule has 0 fully saturated rings. The Morgan fingerprint density at radius 3 is 1.10 bits per heavy atom. The lowest BCUT2D eigenvalue weighted by Gasteiger charge is -2.15. The van der Waals surface area contributed by atoms with Crippen LogP contribution in [0.5, 0.6) is 0 Å². The molecule has 0 radical (unpaired) electrons. The Labute approximate surface area is 358 Å². The van der Waals surface area contributed by atoms with Crippen LogP contribution in [-0.2, 0) is 0 Å². The number of fused-ring (bicyclic) bond motifs is 7. The second kappa shape index (κ2) is 14.2. The Morgan fingerprint density at radius 1 is 0.323 bits per heavy atom. The standard InChI is InChI=1S/C56H38N6/c1-35-33-47(37-21-25-39(26-22-37)55-59-49-17-9-11-19-51(49)61(55)41-13-5-3-6-14-41)45-31-30-44-43(53(45)57-35)29-32-46-48(34-36(2)58-54(44)46)38-23-27-40(28-24-38)56-60-50-18-10-12-20-52(50)62(56)42-15-7-4-8-16-42/h3-34H,1-2H3. The summed E-state index contributed by atoms with van der Waals surface area (Å²) in [6.45, 7) is 4.16. The fourth-order valence-electron chi connectivity index (χ4n) is 9.23. The zero-order valence-electron chi connectivity index (χ0n) is 34.2. The molecule has 0 aliphatic rings. The molecule has 0 aliphatic carbocycles. The van der Waals surface area contributed by atoms with Crippen molar-refractivity contribution in [2.75, 3.05) is 0 Å². The van der Waals surface area contributed by atoms with Gasteiger partial charge in [-0.05, 0) is 96.8 Å². The highest BCUT2D eigenvalue weighted by Gasteiger charge is 2.19. The Balaban J connectivity index is 0.934. The molecule has 0 atom stereocenters. The summed E-state index contributed by atoms with van der Waals surface area (Å²) >= 11 is 0. The van der Waals surface area contributed by atoms with E-state index in [1.807, 2.05) is 24.3 Å². The van der Waals surface area contributed by atoms with E-state index in [9.17, 15) is 0 Å². The van der Waals surface area contributed by atoms with Crippen molar-refractivity contribution in [3.8, 4) is 56.4 Å². The minimum absolute atomic E-state index is 0.916. The Bertz CT molecular complexity index is 3430. The number of imidazole rings is 2. The third-order valence-corrected chi connectivity index (χ3v) is 12.1. The molecular weight excluding hydrogens is 757 g/mol. The van der Waals surface area contributed by atoms with Crippen molar-refractivity contribution >= 4 is 54.6 Å². The van der Waals surface area contributed by atoms with Crippen LogP contribution in [0.4, 0.5) is 0 Å². The van der Waals surface area contributed by atoms with Crippen LogP contribution in [0.25, 0.3) is 111 Å². The van der Waals surface area contributed by atoms with Crippen molar-refractivity contribution in [1.29, 1.82) is 0 Å². The monoisotopic (exact) mass is 794 g/mol. The number of aromatic nitrogens is 6. The van der Waals surface area contributed by atoms with Crippen molar-refractivity contribution in [3.05, 3.63) is 206 Å². The summed E-state index contributed by atoms with van der Waals surface area (Å²) < 4.78 is 4.49. The van der Waals surface area contributed by atoms with Crippen LogP contribution in [0.1, 0.15) is 11.4 Å². The lowest BCUT2D eigenvalue weighted by atomic mass is 9.93. The van der Waals surface area contributed by atoms with E-state index in [2.05, 4.69) is 193 Å². The molecule has 0 saturated carbocycles. The van der Waals surface area contributed by atoms with Gasteiger partial charge >= 0.3 is 0 Å². The largest absolute Gasteiger partial charge is 0.292 e. The van der Waals surface area contributed by atoms with Gasteiger partial charge in [0.2, 0.25) is 0 Å². The van der Waals surface area contributed by atoms with E-state index in [0.717, 1.165) is 122 Å². The Morgan fingerprint density at radius 2 is 0.677 bits per heavy atom. The highest BCUT2D eigenvalue weighted by atomic mass is 15.1. The molecule has 4 aromatic heterocycles. The molecule has 0 unspecified atom stereocenters. The first-order valence-electron chi connectivity index (χ1n) is 21.0. The van der Waals surface area contributed by atoms with E-state index in [1.54, 1.807) is 0 Å². The number of nitrogens with zero attached hydrogens (tertiary/aromatic N) is 6. The van der Waals surface area contributed by atoms with Crippen molar-refractivity contribution in [2.24, 2.45) is 0 Å². The number of para-hydroxylation sites is 6. The number of benzene rings is 8. The molecule has 8 aromatic carbocycles. The number of rotatable bonds is 6. The van der Waals surface area contributed by atoms with Gasteiger partial charge in [0.05, 0.1) is 33.1 Å². The van der Waals surface area contributed by atoms with E-state index >= 15 is 0 Å². The van der Waals surface area contributed by atoms with Crippen LogP contribution in [0.15, 0.2) is 194 Å². The molecule has 6 heteroatoms. The van der Waals surface area contributed by atoms with Gasteiger partial charge < -0.3 is 0 Å². The topological polar surface area (TPSA) is 61.4 Å². The smallest absolute Gasteiger partial charge is 0.145 e. The maximum absolute atomic E-state index is 5.17. The normalized spacial score (nSPS) is 11.7. The van der Waals surface area contributed by atoms with Gasteiger partial charge in [-0.1, -0.05) is 133 Å². The predicted molar refractivity (Wildman–Crippen MR) is 255 cm³/mol. The number of aryl methyl sites for hydroxylation is 2. The molecule has 12 aromatic rings. The molecule has 6 nitrogen and oxygen atoms in total. The van der Waals surface area contributed by atoms with Gasteiger partial charge in [-0.2, -0.15) is 0 Å². The van der Waals surface area contributed by atoms with Gasteiger partial charge in [0.1, 0.15) is 11.6 Å². The van der Waals surface area contributed by atoms with Crippen molar-refractivity contribution in [1.82, 2.24) is 29.1 Å². The molecule has 0 aliphatic heterocycles. The zero-order chi connectivity index (χ0) is 41.3. The summed E-state index contributed by atoms with van der Waals surface area (Å²) in [6.07, 6.45) is 0. The third kappa shape index (κ3) is 5.80. The van der Waals surface area contributed by atoms with Gasteiger partial charge in [-0.15, -0.1) is 0 Å². The zero-order valence-corrected chi connectivity index (χ0v) is 34.2. The van der Waals surface area contributed by atoms with E-state index in [-0.39, 0.29) is 0 Å². The minimum atomic E-state index is 0.916. The first-order chi connectivity index (χ1) is 30.6. The molecule has 62 heavy (non-hydrogen) atoms. The molecule has 292 valence electrons. The Kier molecular flexibility index (Phi) is 8.18. The first-order valence-corrected chi connectivity index (χ1v) is 21.0. The number of pyridine rings is 2. The molecular formula is C56H38N6. The van der Waals surface area contributed by atoms with Gasteiger partial charge in [0.25, 0.3) is 0 Å². The van der Waals surface area contributed by atoms with Crippen molar-refractivity contribution < 1.29 is 0 Å². The van der Waals surface area contributed by atoms with Gasteiger partial charge in [0, 0.05) is 55.4 Å². The van der Waals surface area contributed by atoms with Crippen LogP contribution < -0.4 is 0 Å². The van der Waals surface area contributed by atoms with E-state index in [1.165, 1.54) is 0 Å². The average Bonchev–Trinajstić information content (AvgIpc) is 3.91. The van der Waals surface area contributed by atoms with E-state index < -0.39 is 0 Å². The quantitative estimate of drug-likeness (QED) is 0.157. The second-order valence-corrected chi connectivity index (χ2v) is 16.0. The van der Waals surface area contributed by atoms with Crippen LogP contribution in [-0.4, -0.2) is 29.1 Å². The molecule has 0 bridgehead atoms.